The second kappa shape index (κ2) is 5.54. The highest BCUT2D eigenvalue weighted by Gasteiger charge is 2.72. The molecule has 0 aliphatic carbocycles. The number of rotatable bonds is 6. The molecule has 2 rings (SSSR count). The second-order valence-corrected chi connectivity index (χ2v) is 8.05. The molecule has 4 atom stereocenters. The van der Waals surface area contributed by atoms with Crippen LogP contribution in [0.25, 0.3) is 0 Å². The van der Waals surface area contributed by atoms with E-state index in [1.165, 1.54) is 4.90 Å². The molecular formula is C13H22N2O4S. The summed E-state index contributed by atoms with van der Waals surface area (Å²) in [7, 11) is 0. The van der Waals surface area contributed by atoms with Crippen molar-refractivity contribution in [2.75, 3.05) is 6.54 Å². The molecule has 0 saturated carbocycles. The number of amides is 1. The molecule has 0 radical (unpaired) electrons. The summed E-state index contributed by atoms with van der Waals surface area (Å²) in [4.78, 5) is 24.8. The normalized spacial score (nSPS) is 34.8. The number of carboxylic acids is 1. The largest absolute Gasteiger partial charge is 0.614 e. The van der Waals surface area contributed by atoms with Crippen molar-refractivity contribution in [2.24, 2.45) is 0 Å². The molecule has 2 saturated heterocycles. The Bertz CT molecular complexity index is 415. The van der Waals surface area contributed by atoms with Gasteiger partial charge < -0.3 is 9.66 Å². The van der Waals surface area contributed by atoms with E-state index in [4.69, 9.17) is 0 Å². The van der Waals surface area contributed by atoms with Crippen LogP contribution < -0.4 is 5.32 Å². The van der Waals surface area contributed by atoms with Crippen molar-refractivity contribution < 1.29 is 19.2 Å². The Hall–Kier alpha value is -0.790. The second-order valence-electron chi connectivity index (χ2n) is 5.92. The highest BCUT2D eigenvalue weighted by Crippen LogP contribution is 2.45. The van der Waals surface area contributed by atoms with Crippen molar-refractivity contribution in [3.05, 3.63) is 0 Å². The van der Waals surface area contributed by atoms with E-state index in [2.05, 4.69) is 12.2 Å². The third-order valence-electron chi connectivity index (χ3n) is 4.13. The molecule has 3 unspecified atom stereocenters. The Balaban J connectivity index is 2.06. The molecular weight excluding hydrogens is 280 g/mol. The van der Waals surface area contributed by atoms with Gasteiger partial charge in [-0.05, 0) is 38.0 Å². The average Bonchev–Trinajstić information content (AvgIpc) is 2.56. The molecule has 2 heterocycles. The van der Waals surface area contributed by atoms with E-state index in [9.17, 15) is 19.2 Å². The molecule has 7 heteroatoms. The summed E-state index contributed by atoms with van der Waals surface area (Å²) in [6.07, 6.45) is 3.13. The van der Waals surface area contributed by atoms with E-state index in [-0.39, 0.29) is 5.91 Å². The predicted molar refractivity (Wildman–Crippen MR) is 75.6 cm³/mol. The molecule has 6 nitrogen and oxygen atoms in total. The fourth-order valence-corrected chi connectivity index (χ4v) is 4.93. The van der Waals surface area contributed by atoms with E-state index in [0.717, 1.165) is 19.3 Å². The summed E-state index contributed by atoms with van der Waals surface area (Å²) < 4.78 is 11.6. The molecule has 0 aromatic heterocycles. The maximum absolute atomic E-state index is 12.5. The zero-order valence-electron chi connectivity index (χ0n) is 12.1. The van der Waals surface area contributed by atoms with Gasteiger partial charge in [-0.3, -0.25) is 15.0 Å². The Morgan fingerprint density at radius 2 is 2.15 bits per heavy atom. The van der Waals surface area contributed by atoms with Crippen LogP contribution in [-0.4, -0.2) is 55.2 Å². The zero-order chi connectivity index (χ0) is 15.1. The highest BCUT2D eigenvalue weighted by molar-refractivity contribution is 7.94. The van der Waals surface area contributed by atoms with Crippen molar-refractivity contribution >= 4 is 23.1 Å². The Kier molecular flexibility index (Phi) is 4.32. The summed E-state index contributed by atoms with van der Waals surface area (Å²) in [6, 6.07) is -1.48. The molecule has 0 aromatic carbocycles. The monoisotopic (exact) mass is 302 g/mol. The maximum atomic E-state index is 12.5. The molecule has 2 aliphatic rings. The summed E-state index contributed by atoms with van der Waals surface area (Å²) in [5.74, 6) is -1.32. The number of unbranched alkanes of at least 4 members (excludes halogenated alkanes) is 2. The first-order valence-electron chi connectivity index (χ1n) is 7.03. The van der Waals surface area contributed by atoms with Crippen molar-refractivity contribution in [1.82, 2.24) is 10.2 Å². The molecule has 1 amide bonds. The number of aliphatic carboxylic acids is 1. The van der Waals surface area contributed by atoms with E-state index in [1.807, 2.05) is 0 Å². The summed E-state index contributed by atoms with van der Waals surface area (Å²) in [6.45, 7) is 6.11. The van der Waals surface area contributed by atoms with E-state index < -0.39 is 39.3 Å². The van der Waals surface area contributed by atoms with E-state index in [0.29, 0.717) is 6.54 Å². The van der Waals surface area contributed by atoms with Crippen LogP contribution in [-0.2, 0) is 20.8 Å². The van der Waals surface area contributed by atoms with Gasteiger partial charge in [-0.15, -0.1) is 0 Å². The van der Waals surface area contributed by atoms with Crippen LogP contribution in [0.5, 0.6) is 0 Å². The zero-order valence-corrected chi connectivity index (χ0v) is 12.9. The number of hydrogen-bond acceptors (Lipinski definition) is 4. The molecule has 114 valence electrons. The molecule has 0 bridgehead atoms. The lowest BCUT2D eigenvalue weighted by molar-refractivity contribution is -0.160. The Labute approximate surface area is 122 Å². The number of carbonyl (C=O) groups is 2. The number of β-lactam (4-membered cyclic amide) rings is 1. The number of nitrogens with zero attached hydrogens (tertiary/aromatic N) is 1. The molecule has 2 aliphatic heterocycles. The van der Waals surface area contributed by atoms with Gasteiger partial charge >= 0.3 is 5.97 Å². The smallest absolute Gasteiger partial charge is 0.332 e. The predicted octanol–water partition coefficient (Wildman–Crippen LogP) is 0.297. The molecule has 2 fully saturated rings. The van der Waals surface area contributed by atoms with Crippen LogP contribution in [0.2, 0.25) is 0 Å². The van der Waals surface area contributed by atoms with Crippen molar-refractivity contribution in [3.63, 3.8) is 0 Å². The molecule has 0 aromatic rings. The quantitative estimate of drug-likeness (QED) is 0.418. The average molecular weight is 302 g/mol. The number of hydrogen-bond donors (Lipinski definition) is 2. The Morgan fingerprint density at radius 1 is 1.50 bits per heavy atom. The minimum atomic E-state index is -1.37. The van der Waals surface area contributed by atoms with Crippen LogP contribution in [0.15, 0.2) is 0 Å². The minimum Gasteiger partial charge on any atom is -0.614 e. The van der Waals surface area contributed by atoms with Gasteiger partial charge in [0.25, 0.3) is 5.91 Å². The van der Waals surface area contributed by atoms with Gasteiger partial charge in [0.2, 0.25) is 5.37 Å². The summed E-state index contributed by atoms with van der Waals surface area (Å²) in [5, 5.41) is 11.9. The van der Waals surface area contributed by atoms with Gasteiger partial charge in [-0.25, -0.2) is 4.79 Å². The lowest BCUT2D eigenvalue weighted by Crippen LogP contribution is -2.71. The van der Waals surface area contributed by atoms with Crippen LogP contribution >= 0.6 is 0 Å². The lowest BCUT2D eigenvalue weighted by atomic mass is 9.96. The van der Waals surface area contributed by atoms with Gasteiger partial charge in [0, 0.05) is 0 Å². The maximum Gasteiger partial charge on any atom is 0.332 e. The summed E-state index contributed by atoms with van der Waals surface area (Å²) in [5.41, 5.74) is 0. The number of carboxylic acid groups (broad SMARTS) is 1. The first-order valence-corrected chi connectivity index (χ1v) is 8.24. The number of carbonyl (C=O) groups excluding carboxylic acids is 1. The van der Waals surface area contributed by atoms with Gasteiger partial charge in [0.1, 0.15) is 0 Å². The van der Waals surface area contributed by atoms with Crippen LogP contribution in [0, 0.1) is 0 Å². The van der Waals surface area contributed by atoms with Gasteiger partial charge in [-0.1, -0.05) is 19.8 Å². The lowest BCUT2D eigenvalue weighted by Gasteiger charge is -2.41. The highest BCUT2D eigenvalue weighted by atomic mass is 32.2. The van der Waals surface area contributed by atoms with Crippen molar-refractivity contribution in [2.45, 2.75) is 62.2 Å². The third kappa shape index (κ3) is 2.21. The van der Waals surface area contributed by atoms with Gasteiger partial charge in [0.05, 0.1) is 0 Å². The van der Waals surface area contributed by atoms with Crippen molar-refractivity contribution in [1.29, 1.82) is 0 Å². The van der Waals surface area contributed by atoms with Crippen LogP contribution in [0.3, 0.4) is 0 Å². The first kappa shape index (κ1) is 15.6. The number of nitrogens with one attached hydrogen (secondary N) is 1. The fraction of sp³-hybridized carbons (Fsp3) is 0.846. The minimum absolute atomic E-state index is 0.238. The molecule has 20 heavy (non-hydrogen) atoms. The first-order chi connectivity index (χ1) is 9.34. The standard InChI is InChI=1S/C13H22N2O4S/c1-4-5-6-7-14-8-10(16)15-9(12(17)18)13(2,3)20(19)11(8)15/h8-9,11,14H,4-7H2,1-3H3,(H,17,18)/t8?,9?,11-,20?/m0/s1. The fourth-order valence-electron chi connectivity index (χ4n) is 2.98. The number of fused-ring (bicyclic) bond motifs is 1. The SMILES string of the molecule is CCCCCNC1C(=O)N2C(C(=O)O)C(C)(C)[S+]([O-])[C@@H]12. The van der Waals surface area contributed by atoms with Crippen LogP contribution in [0.1, 0.15) is 40.0 Å². The summed E-state index contributed by atoms with van der Waals surface area (Å²) >= 11 is -1.37. The Morgan fingerprint density at radius 3 is 2.70 bits per heavy atom. The topological polar surface area (TPSA) is 92.7 Å². The molecule has 0 spiro atoms. The van der Waals surface area contributed by atoms with Gasteiger partial charge in [0.15, 0.2) is 16.8 Å². The third-order valence-corrected chi connectivity index (χ3v) is 6.33. The molecule has 2 N–H and O–H groups in total. The van der Waals surface area contributed by atoms with Crippen LogP contribution in [0.4, 0.5) is 0 Å². The van der Waals surface area contributed by atoms with Crippen molar-refractivity contribution in [3.8, 4) is 0 Å². The van der Waals surface area contributed by atoms with E-state index in [1.54, 1.807) is 13.8 Å². The van der Waals surface area contributed by atoms with Gasteiger partial charge in [-0.2, -0.15) is 0 Å². The van der Waals surface area contributed by atoms with E-state index >= 15 is 0 Å².